The van der Waals surface area contributed by atoms with Crippen LogP contribution in [0.4, 0.5) is 0 Å². The second-order valence-corrected chi connectivity index (χ2v) is 7.05. The van der Waals surface area contributed by atoms with Gasteiger partial charge in [0.1, 0.15) is 0 Å². The monoisotopic (exact) mass is 370 g/mol. The topological polar surface area (TPSA) is 0 Å². The van der Waals surface area contributed by atoms with Crippen molar-refractivity contribution in [1.82, 2.24) is 0 Å². The van der Waals surface area contributed by atoms with Crippen molar-refractivity contribution >= 4 is 0 Å². The molecule has 0 N–H and O–H groups in total. The third kappa shape index (κ3) is 4.51. The van der Waals surface area contributed by atoms with Gasteiger partial charge in [-0.3, -0.25) is 0 Å². The second kappa shape index (κ2) is 10.8. The molecule has 2 aromatic rings. The number of allylic oxidation sites excluding steroid dienone is 4. The van der Waals surface area contributed by atoms with Crippen molar-refractivity contribution in [2.75, 3.05) is 0 Å². The summed E-state index contributed by atoms with van der Waals surface area (Å²) in [4.78, 5) is 0. The zero-order valence-electron chi connectivity index (χ0n) is 17.7. The van der Waals surface area contributed by atoms with Gasteiger partial charge in [0, 0.05) is 0 Å². The van der Waals surface area contributed by atoms with Crippen LogP contribution in [0.2, 0.25) is 0 Å². The minimum atomic E-state index is -0.103. The number of benzene rings is 2. The van der Waals surface area contributed by atoms with Gasteiger partial charge in [0.15, 0.2) is 0 Å². The van der Waals surface area contributed by atoms with Gasteiger partial charge in [0.25, 0.3) is 0 Å². The largest absolute Gasteiger partial charge is 1.00 e. The molecule has 0 heterocycles. The van der Waals surface area contributed by atoms with E-state index in [4.69, 9.17) is 0 Å². The van der Waals surface area contributed by atoms with Crippen LogP contribution < -0.4 is 51.4 Å². The number of fused-ring (bicyclic) bond motifs is 3. The summed E-state index contributed by atoms with van der Waals surface area (Å²) in [6.07, 6.45) is 17.0. The first kappa shape index (κ1) is 21.9. The Morgan fingerprint density at radius 3 is 1.58 bits per heavy atom. The van der Waals surface area contributed by atoms with Crippen LogP contribution in [0.1, 0.15) is 64.9 Å². The molecule has 1 heteroatoms. The first-order valence-corrected chi connectivity index (χ1v) is 9.88. The molecule has 0 atom stereocenters. The van der Waals surface area contributed by atoms with E-state index in [-0.39, 0.29) is 58.2 Å². The molecular formula is C25H31K. The van der Waals surface area contributed by atoms with E-state index in [1.807, 2.05) is 0 Å². The molecule has 0 spiro atoms. The Labute approximate surface area is 203 Å². The Bertz CT molecular complexity index is 695. The Kier molecular flexibility index (Phi) is 9.06. The van der Waals surface area contributed by atoms with Crippen molar-refractivity contribution in [3.05, 3.63) is 84.0 Å². The van der Waals surface area contributed by atoms with Crippen molar-refractivity contribution in [3.8, 4) is 11.1 Å². The first-order valence-electron chi connectivity index (χ1n) is 9.88. The van der Waals surface area contributed by atoms with Crippen LogP contribution in [0.3, 0.4) is 0 Å². The Morgan fingerprint density at radius 1 is 0.731 bits per heavy atom. The molecular weight excluding hydrogens is 339 g/mol. The molecule has 0 aliphatic heterocycles. The van der Waals surface area contributed by atoms with Gasteiger partial charge in [-0.25, -0.2) is 0 Å². The summed E-state index contributed by atoms with van der Waals surface area (Å²) in [5.41, 5.74) is 5.53. The van der Waals surface area contributed by atoms with Gasteiger partial charge in [-0.2, -0.15) is 0 Å². The maximum Gasteiger partial charge on any atom is 1.00 e. The van der Waals surface area contributed by atoms with E-state index in [1.165, 1.54) is 47.9 Å². The zero-order chi connectivity index (χ0) is 17.5. The fourth-order valence-corrected chi connectivity index (χ4v) is 3.90. The fourth-order valence-electron chi connectivity index (χ4n) is 3.90. The molecule has 0 radical (unpaired) electrons. The Balaban J connectivity index is 0.00000182. The van der Waals surface area contributed by atoms with E-state index in [1.54, 1.807) is 0 Å². The van der Waals surface area contributed by atoms with Crippen molar-refractivity contribution in [2.24, 2.45) is 0 Å². The number of hydrogen-bond donors (Lipinski definition) is 0. The molecule has 0 bridgehead atoms. The summed E-state index contributed by atoms with van der Waals surface area (Å²) in [5, 5.41) is 0. The van der Waals surface area contributed by atoms with Crippen molar-refractivity contribution in [3.63, 3.8) is 0 Å². The number of rotatable bonds is 8. The van der Waals surface area contributed by atoms with Gasteiger partial charge in [-0.15, -0.1) is 0 Å². The molecule has 2 aromatic carbocycles. The maximum absolute atomic E-state index is 2.45. The minimum absolute atomic E-state index is 0. The Morgan fingerprint density at radius 2 is 1.15 bits per heavy atom. The van der Waals surface area contributed by atoms with Gasteiger partial charge in [0.05, 0.1) is 5.41 Å². The quantitative estimate of drug-likeness (QED) is 0.363. The van der Waals surface area contributed by atoms with Crippen LogP contribution >= 0.6 is 0 Å². The normalized spacial score (nSPS) is 14.4. The SMILES string of the molecule is CCCCC=CC1(C=CCCCC)c2ccccc2-c2ccccc21.[H-].[K+]. The summed E-state index contributed by atoms with van der Waals surface area (Å²) >= 11 is 0. The predicted molar refractivity (Wildman–Crippen MR) is 111 cm³/mol. The molecule has 0 saturated carbocycles. The molecule has 1 aliphatic rings. The third-order valence-electron chi connectivity index (χ3n) is 5.25. The number of hydrogen-bond acceptors (Lipinski definition) is 0. The van der Waals surface area contributed by atoms with Crippen LogP contribution in [-0.4, -0.2) is 0 Å². The van der Waals surface area contributed by atoms with E-state index in [9.17, 15) is 0 Å². The van der Waals surface area contributed by atoms with E-state index in [0.717, 1.165) is 12.8 Å². The molecule has 0 nitrogen and oxygen atoms in total. The standard InChI is InChI=1S/C25H30.K.H/c1-3-5-7-13-19-25(20-14-8-6-4-2)23-17-11-9-15-21(23)22-16-10-12-18-24(22)25;;/h9-20H,3-8H2,1-2H3;;/q;+1;-1. The summed E-state index contributed by atoms with van der Waals surface area (Å²) in [5.74, 6) is 0. The summed E-state index contributed by atoms with van der Waals surface area (Å²) < 4.78 is 0. The van der Waals surface area contributed by atoms with Gasteiger partial charge < -0.3 is 1.43 Å². The predicted octanol–water partition coefficient (Wildman–Crippen LogP) is 4.56. The summed E-state index contributed by atoms with van der Waals surface area (Å²) in [6.45, 7) is 4.52. The van der Waals surface area contributed by atoms with Crippen molar-refractivity contribution < 1.29 is 52.8 Å². The molecule has 0 saturated heterocycles. The van der Waals surface area contributed by atoms with Gasteiger partial charge >= 0.3 is 51.4 Å². The van der Waals surface area contributed by atoms with E-state index in [0.29, 0.717) is 0 Å². The van der Waals surface area contributed by atoms with E-state index >= 15 is 0 Å². The average Bonchev–Trinajstić information content (AvgIpc) is 2.94. The van der Waals surface area contributed by atoms with Crippen LogP contribution in [0.25, 0.3) is 11.1 Å². The summed E-state index contributed by atoms with van der Waals surface area (Å²) in [7, 11) is 0. The summed E-state index contributed by atoms with van der Waals surface area (Å²) in [6, 6.07) is 17.8. The molecule has 0 aromatic heterocycles. The molecule has 0 unspecified atom stereocenters. The molecule has 0 amide bonds. The maximum atomic E-state index is 2.45. The van der Waals surface area contributed by atoms with Crippen molar-refractivity contribution in [2.45, 2.75) is 57.8 Å². The van der Waals surface area contributed by atoms with E-state index < -0.39 is 0 Å². The fraction of sp³-hybridized carbons (Fsp3) is 0.360. The Hall–Kier alpha value is -0.444. The molecule has 26 heavy (non-hydrogen) atoms. The number of unbranched alkanes of at least 4 members (excludes halogenated alkanes) is 4. The van der Waals surface area contributed by atoms with Crippen LogP contribution in [0, 0.1) is 0 Å². The molecule has 3 rings (SSSR count). The van der Waals surface area contributed by atoms with Gasteiger partial charge in [0.2, 0.25) is 0 Å². The molecule has 0 fully saturated rings. The van der Waals surface area contributed by atoms with Gasteiger partial charge in [-0.05, 0) is 35.1 Å². The molecule has 1 aliphatic carbocycles. The smallest absolute Gasteiger partial charge is 1.00 e. The third-order valence-corrected chi connectivity index (χ3v) is 5.25. The second-order valence-electron chi connectivity index (χ2n) is 7.05. The average molecular weight is 371 g/mol. The minimum Gasteiger partial charge on any atom is -1.00 e. The van der Waals surface area contributed by atoms with Crippen LogP contribution in [0.15, 0.2) is 72.8 Å². The van der Waals surface area contributed by atoms with Crippen molar-refractivity contribution in [1.29, 1.82) is 0 Å². The van der Waals surface area contributed by atoms with Crippen LogP contribution in [0.5, 0.6) is 0 Å². The van der Waals surface area contributed by atoms with E-state index in [2.05, 4.69) is 86.7 Å². The van der Waals surface area contributed by atoms with Crippen LogP contribution in [-0.2, 0) is 5.41 Å². The first-order chi connectivity index (χ1) is 12.3. The zero-order valence-corrected chi connectivity index (χ0v) is 19.8. The van der Waals surface area contributed by atoms with Gasteiger partial charge in [-0.1, -0.05) is 112 Å². The molecule has 132 valence electrons.